The smallest absolute Gasteiger partial charge is 0.248 e. The number of benzene rings is 1. The number of piperazine rings is 1. The fourth-order valence-electron chi connectivity index (χ4n) is 4.65. The summed E-state index contributed by atoms with van der Waals surface area (Å²) in [4.78, 5) is 19.1. The van der Waals surface area contributed by atoms with Gasteiger partial charge in [0.1, 0.15) is 12.4 Å². The van der Waals surface area contributed by atoms with Gasteiger partial charge in [-0.3, -0.25) is 14.6 Å². The highest BCUT2D eigenvalue weighted by atomic mass is 19.1. The lowest BCUT2D eigenvalue weighted by molar-refractivity contribution is -0.177. The lowest BCUT2D eigenvalue weighted by Gasteiger charge is -2.63. The molecule has 4 rings (SSSR count). The van der Waals surface area contributed by atoms with Gasteiger partial charge in [0.15, 0.2) is 0 Å². The van der Waals surface area contributed by atoms with Gasteiger partial charge in [0.25, 0.3) is 0 Å². The van der Waals surface area contributed by atoms with E-state index in [9.17, 15) is 9.18 Å². The van der Waals surface area contributed by atoms with Crippen molar-refractivity contribution in [2.45, 2.75) is 18.1 Å². The minimum absolute atomic E-state index is 0.0321. The van der Waals surface area contributed by atoms with Gasteiger partial charge in [-0.1, -0.05) is 18.2 Å². The summed E-state index contributed by atoms with van der Waals surface area (Å²) >= 11 is 0. The largest absolute Gasteiger partial charge is 0.378 e. The molecule has 7 heteroatoms. The quantitative estimate of drug-likeness (QED) is 0.783. The second-order valence-electron chi connectivity index (χ2n) is 7.59. The third kappa shape index (κ3) is 3.24. The van der Waals surface area contributed by atoms with Crippen molar-refractivity contribution in [3.8, 4) is 0 Å². The van der Waals surface area contributed by atoms with Crippen LogP contribution >= 0.6 is 0 Å². The van der Waals surface area contributed by atoms with Crippen molar-refractivity contribution in [1.29, 1.82) is 0 Å². The molecule has 0 unspecified atom stereocenters. The van der Waals surface area contributed by atoms with E-state index in [1.54, 1.807) is 13.2 Å². The first-order chi connectivity index (χ1) is 12.6. The maximum Gasteiger partial charge on any atom is 0.248 e. The number of hydrogen-bond acceptors (Lipinski definition) is 5. The molecule has 1 spiro atoms. The molecule has 1 aromatic carbocycles. The van der Waals surface area contributed by atoms with Crippen molar-refractivity contribution in [3.63, 3.8) is 0 Å². The van der Waals surface area contributed by atoms with E-state index in [0.29, 0.717) is 26.2 Å². The van der Waals surface area contributed by atoms with Crippen LogP contribution in [-0.2, 0) is 20.8 Å². The summed E-state index contributed by atoms with van der Waals surface area (Å²) in [5.74, 6) is -0.122. The first-order valence-corrected chi connectivity index (χ1v) is 9.18. The fourth-order valence-corrected chi connectivity index (χ4v) is 4.65. The van der Waals surface area contributed by atoms with Crippen molar-refractivity contribution in [1.82, 2.24) is 14.7 Å². The molecule has 3 aliphatic heterocycles. The molecule has 0 bridgehead atoms. The molecule has 142 valence electrons. The third-order valence-corrected chi connectivity index (χ3v) is 5.76. The number of likely N-dealkylation sites (tertiary alicyclic amines) is 1. The second kappa shape index (κ2) is 7.23. The Kier molecular flexibility index (Phi) is 4.96. The monoisotopic (exact) mass is 363 g/mol. The average Bonchev–Trinajstić information content (AvgIpc) is 2.62. The Morgan fingerprint density at radius 3 is 2.92 bits per heavy atom. The SMILES string of the molecule is COCC(=O)N1C[C@@H]2COCCN2C2(CN(Cc3ccccc3F)C2)C1. The van der Waals surface area contributed by atoms with Crippen LogP contribution in [0.5, 0.6) is 0 Å². The lowest BCUT2D eigenvalue weighted by atomic mass is 9.82. The number of fused-ring (bicyclic) bond motifs is 2. The number of methoxy groups -OCH3 is 1. The van der Waals surface area contributed by atoms with Crippen molar-refractivity contribution in [2.75, 3.05) is 59.7 Å². The zero-order valence-electron chi connectivity index (χ0n) is 15.2. The predicted molar refractivity (Wildman–Crippen MR) is 94.2 cm³/mol. The standard InChI is InChI=1S/C19H26FN3O3/c1-25-11-18(24)22-9-16-10-26-7-6-23(16)19(14-22)12-21(13-19)8-15-4-2-3-5-17(15)20/h2-5,16H,6-14H2,1H3/t16-/m1/s1. The molecule has 1 atom stereocenters. The molecule has 0 radical (unpaired) electrons. The molecule has 3 heterocycles. The topological polar surface area (TPSA) is 45.2 Å². The van der Waals surface area contributed by atoms with Crippen LogP contribution in [0.2, 0.25) is 0 Å². The van der Waals surface area contributed by atoms with Crippen LogP contribution in [0.1, 0.15) is 5.56 Å². The van der Waals surface area contributed by atoms with Gasteiger partial charge < -0.3 is 14.4 Å². The van der Waals surface area contributed by atoms with E-state index in [2.05, 4.69) is 9.80 Å². The van der Waals surface area contributed by atoms with Gasteiger partial charge in [-0.25, -0.2) is 4.39 Å². The maximum absolute atomic E-state index is 13.9. The van der Waals surface area contributed by atoms with E-state index in [-0.39, 0.29) is 29.9 Å². The Balaban J connectivity index is 1.47. The van der Waals surface area contributed by atoms with Crippen LogP contribution in [0.4, 0.5) is 4.39 Å². The van der Waals surface area contributed by atoms with Crippen LogP contribution < -0.4 is 0 Å². The average molecular weight is 363 g/mol. The molecule has 1 aromatic rings. The van der Waals surface area contributed by atoms with Crippen molar-refractivity contribution in [2.24, 2.45) is 0 Å². The summed E-state index contributed by atoms with van der Waals surface area (Å²) in [6.45, 7) is 6.09. The number of carbonyl (C=O) groups excluding carboxylic acids is 1. The third-order valence-electron chi connectivity index (χ3n) is 5.76. The van der Waals surface area contributed by atoms with Gasteiger partial charge in [0.05, 0.1) is 24.8 Å². The summed E-state index contributed by atoms with van der Waals surface area (Å²) < 4.78 is 24.6. The van der Waals surface area contributed by atoms with E-state index in [0.717, 1.165) is 31.8 Å². The molecule has 3 fully saturated rings. The molecule has 0 saturated carbocycles. The molecule has 0 aliphatic carbocycles. The zero-order chi connectivity index (χ0) is 18.1. The van der Waals surface area contributed by atoms with Crippen LogP contribution in [0, 0.1) is 5.82 Å². The highest BCUT2D eigenvalue weighted by Gasteiger charge is 2.54. The first-order valence-electron chi connectivity index (χ1n) is 9.18. The number of rotatable bonds is 4. The molecule has 0 N–H and O–H groups in total. The molecule has 1 amide bonds. The van der Waals surface area contributed by atoms with Gasteiger partial charge in [-0.05, 0) is 6.07 Å². The summed E-state index contributed by atoms with van der Waals surface area (Å²) in [6, 6.07) is 7.17. The molecular weight excluding hydrogens is 337 g/mol. The Morgan fingerprint density at radius 2 is 2.15 bits per heavy atom. The van der Waals surface area contributed by atoms with E-state index in [1.165, 1.54) is 6.07 Å². The molecule has 26 heavy (non-hydrogen) atoms. The van der Waals surface area contributed by atoms with Crippen molar-refractivity contribution >= 4 is 5.91 Å². The Bertz CT molecular complexity index is 665. The van der Waals surface area contributed by atoms with Gasteiger partial charge in [-0.15, -0.1) is 0 Å². The summed E-state index contributed by atoms with van der Waals surface area (Å²) in [5, 5.41) is 0. The number of hydrogen-bond donors (Lipinski definition) is 0. The number of ether oxygens (including phenoxy) is 2. The highest BCUT2D eigenvalue weighted by Crippen LogP contribution is 2.36. The number of nitrogens with zero attached hydrogens (tertiary/aromatic N) is 3. The van der Waals surface area contributed by atoms with Gasteiger partial charge >= 0.3 is 0 Å². The normalized spacial score (nSPS) is 25.8. The van der Waals surface area contributed by atoms with Crippen LogP contribution in [-0.4, -0.2) is 91.8 Å². The highest BCUT2D eigenvalue weighted by molar-refractivity contribution is 5.77. The predicted octanol–water partition coefficient (Wildman–Crippen LogP) is 0.570. The van der Waals surface area contributed by atoms with E-state index in [4.69, 9.17) is 9.47 Å². The summed E-state index contributed by atoms with van der Waals surface area (Å²) in [7, 11) is 1.55. The molecular formula is C19H26FN3O3. The van der Waals surface area contributed by atoms with Gasteiger partial charge in [-0.2, -0.15) is 0 Å². The Morgan fingerprint density at radius 1 is 1.35 bits per heavy atom. The number of morpholine rings is 1. The van der Waals surface area contributed by atoms with Gasteiger partial charge in [0, 0.05) is 51.9 Å². The van der Waals surface area contributed by atoms with Gasteiger partial charge in [0.2, 0.25) is 5.91 Å². The number of halogens is 1. The zero-order valence-corrected chi connectivity index (χ0v) is 15.2. The molecule has 3 saturated heterocycles. The lowest BCUT2D eigenvalue weighted by Crippen LogP contribution is -2.80. The minimum atomic E-state index is -0.154. The van der Waals surface area contributed by atoms with E-state index < -0.39 is 0 Å². The Hall–Kier alpha value is -1.54. The fraction of sp³-hybridized carbons (Fsp3) is 0.632. The minimum Gasteiger partial charge on any atom is -0.378 e. The van der Waals surface area contributed by atoms with Crippen LogP contribution in [0.3, 0.4) is 0 Å². The summed E-state index contributed by atoms with van der Waals surface area (Å²) in [6.07, 6.45) is 0. The van der Waals surface area contributed by atoms with Crippen LogP contribution in [0.15, 0.2) is 24.3 Å². The van der Waals surface area contributed by atoms with E-state index in [1.807, 2.05) is 17.0 Å². The van der Waals surface area contributed by atoms with Crippen molar-refractivity contribution in [3.05, 3.63) is 35.6 Å². The van der Waals surface area contributed by atoms with Crippen LogP contribution in [0.25, 0.3) is 0 Å². The molecule has 3 aliphatic rings. The molecule has 6 nitrogen and oxygen atoms in total. The molecule has 0 aromatic heterocycles. The number of carbonyl (C=O) groups is 1. The maximum atomic E-state index is 13.9. The Labute approximate surface area is 153 Å². The summed E-state index contributed by atoms with van der Waals surface area (Å²) in [5.41, 5.74) is 0.672. The van der Waals surface area contributed by atoms with Crippen molar-refractivity contribution < 1.29 is 18.7 Å². The number of amides is 1. The van der Waals surface area contributed by atoms with E-state index >= 15 is 0 Å². The second-order valence-corrected chi connectivity index (χ2v) is 7.59. The first kappa shape index (κ1) is 17.9.